The second-order valence-corrected chi connectivity index (χ2v) is 21.7. The first-order chi connectivity index (χ1) is 38.4. The van der Waals surface area contributed by atoms with Crippen molar-refractivity contribution < 1.29 is 55.6 Å². The summed E-state index contributed by atoms with van der Waals surface area (Å²) in [6.45, 7) is 4.00. The average molecular weight is 1150 g/mol. The Balaban J connectivity index is 0.000000231. The van der Waals surface area contributed by atoms with Crippen LogP contribution < -0.4 is 9.47 Å². The molecule has 8 nitrogen and oxygen atoms in total. The number of rotatable bonds is 26. The summed E-state index contributed by atoms with van der Waals surface area (Å²) in [5, 5.41) is 17.6. The Bertz CT molecular complexity index is 2690. The number of carboxylic acids is 2. The first-order valence-electron chi connectivity index (χ1n) is 27.5. The van der Waals surface area contributed by atoms with E-state index < -0.39 is 35.4 Å². The minimum atomic E-state index is -4.52. The summed E-state index contributed by atoms with van der Waals surface area (Å²) >= 11 is 12.6. The molecule has 6 aromatic rings. The smallest absolute Gasteiger partial charge is 0.417 e. The van der Waals surface area contributed by atoms with Gasteiger partial charge in [-0.05, 0) is 132 Å². The van der Waals surface area contributed by atoms with E-state index in [-0.39, 0.29) is 34.7 Å². The monoisotopic (exact) mass is 1150 g/mol. The van der Waals surface area contributed by atoms with Crippen molar-refractivity contribution in [3.8, 4) is 11.5 Å². The molecule has 2 saturated carbocycles. The molecule has 0 bridgehead atoms. The molecule has 80 heavy (non-hydrogen) atoms. The lowest BCUT2D eigenvalue weighted by Gasteiger charge is -2.32. The number of hydrogen-bond acceptors (Lipinski definition) is 6. The molecule has 0 aromatic heterocycles. The largest absolute Gasteiger partial charge is 0.494 e. The van der Waals surface area contributed by atoms with Crippen LogP contribution >= 0.6 is 23.2 Å². The summed E-state index contributed by atoms with van der Waals surface area (Å²) in [6.07, 6.45) is 1.47. The Morgan fingerprint density at radius 3 is 1.23 bits per heavy atom. The molecule has 2 unspecified atom stereocenters. The van der Waals surface area contributed by atoms with E-state index in [1.54, 1.807) is 60.7 Å². The van der Waals surface area contributed by atoms with Gasteiger partial charge < -0.3 is 19.7 Å². The molecule has 2 fully saturated rings. The number of aliphatic carboxylic acids is 2. The molecule has 0 amide bonds. The predicted molar refractivity (Wildman–Crippen MR) is 302 cm³/mol. The van der Waals surface area contributed by atoms with Crippen LogP contribution in [0.4, 0.5) is 26.3 Å². The lowest BCUT2D eigenvalue weighted by molar-refractivity contribution is -0.138. The van der Waals surface area contributed by atoms with Crippen molar-refractivity contribution in [1.29, 1.82) is 0 Å². The van der Waals surface area contributed by atoms with Crippen molar-refractivity contribution in [1.82, 2.24) is 9.80 Å². The third-order valence-electron chi connectivity index (χ3n) is 15.1. The van der Waals surface area contributed by atoms with Gasteiger partial charge in [-0.3, -0.25) is 19.4 Å². The Morgan fingerprint density at radius 1 is 0.512 bits per heavy atom. The highest BCUT2D eigenvalue weighted by Crippen LogP contribution is 2.42. The zero-order valence-electron chi connectivity index (χ0n) is 44.8. The molecule has 16 heteroatoms. The Kier molecular flexibility index (Phi) is 23.2. The van der Waals surface area contributed by atoms with Gasteiger partial charge in [0, 0.05) is 39.3 Å². The maximum absolute atomic E-state index is 13.6. The summed E-state index contributed by atoms with van der Waals surface area (Å²) in [7, 11) is 0. The fourth-order valence-electron chi connectivity index (χ4n) is 11.3. The number of carboxylic acid groups (broad SMARTS) is 2. The van der Waals surface area contributed by atoms with Crippen LogP contribution in [0.5, 0.6) is 11.5 Å². The first-order valence-corrected chi connectivity index (χ1v) is 28.3. The van der Waals surface area contributed by atoms with Crippen molar-refractivity contribution in [3.05, 3.63) is 200 Å². The van der Waals surface area contributed by atoms with Gasteiger partial charge in [0.05, 0.1) is 47.2 Å². The van der Waals surface area contributed by atoms with Gasteiger partial charge in [0.1, 0.15) is 11.5 Å². The van der Waals surface area contributed by atoms with Crippen LogP contribution in [0.1, 0.15) is 121 Å². The fourth-order valence-corrected chi connectivity index (χ4v) is 11.9. The van der Waals surface area contributed by atoms with Crippen LogP contribution in [-0.2, 0) is 47.9 Å². The van der Waals surface area contributed by atoms with Crippen molar-refractivity contribution >= 4 is 35.1 Å². The van der Waals surface area contributed by atoms with Gasteiger partial charge in [0.15, 0.2) is 0 Å². The number of carbonyl (C=O) groups is 2. The topological polar surface area (TPSA) is 99.5 Å². The number of benzene rings is 6. The second-order valence-electron chi connectivity index (χ2n) is 21.0. The van der Waals surface area contributed by atoms with Crippen molar-refractivity contribution in [2.75, 3.05) is 39.4 Å². The lowest BCUT2D eigenvalue weighted by Crippen LogP contribution is -2.33. The van der Waals surface area contributed by atoms with Crippen molar-refractivity contribution in [2.24, 2.45) is 11.8 Å². The maximum atomic E-state index is 13.6. The maximum Gasteiger partial charge on any atom is 0.417 e. The highest BCUT2D eigenvalue weighted by Gasteiger charge is 2.36. The van der Waals surface area contributed by atoms with Crippen molar-refractivity contribution in [3.63, 3.8) is 0 Å². The summed E-state index contributed by atoms with van der Waals surface area (Å²) in [4.78, 5) is 26.5. The van der Waals surface area contributed by atoms with E-state index in [9.17, 15) is 35.9 Å². The van der Waals surface area contributed by atoms with E-state index >= 15 is 0 Å². The molecule has 8 rings (SSSR count). The molecule has 0 radical (unpaired) electrons. The number of alkyl halides is 6. The molecule has 0 spiro atoms. The third kappa shape index (κ3) is 19.0. The van der Waals surface area contributed by atoms with Crippen LogP contribution in [0.25, 0.3) is 0 Å². The molecular formula is C64H70Cl2F6N2O6. The molecule has 0 aliphatic heterocycles. The van der Waals surface area contributed by atoms with E-state index in [1.807, 2.05) is 36.4 Å². The van der Waals surface area contributed by atoms with Crippen LogP contribution in [0.2, 0.25) is 10.0 Å². The SMILES string of the molecule is O=C(O)Cc1cccc(OCCCN(Cc2cccc(C(F)(F)F)c2Cl)CC(c2ccccc2)C2CCCC2)c1.O=C(O)Cc1cccc(OCCCN(Cc2cccc(C(F)(F)F)c2Cl)CC(c2ccccc2)C2CCCC2)c1. The van der Waals surface area contributed by atoms with E-state index in [1.165, 1.54) is 48.9 Å². The van der Waals surface area contributed by atoms with Crippen LogP contribution in [0.15, 0.2) is 146 Å². The molecule has 2 atom stereocenters. The number of nitrogens with zero attached hydrogens (tertiary/aromatic N) is 2. The standard InChI is InChI=1S/2C32H35ClF3NO3/c2*33-31-26(14-7-16-29(31)32(34,35)36)21-37(17-8-18-40-27-15-6-9-23(19-27)20-30(38)39)22-28(25-12-4-5-13-25)24-10-2-1-3-11-24/h2*1-3,6-7,9-11,14-16,19,25,28H,4-5,8,12-13,17-18,20-22H2,(H,38,39). The molecule has 2 aliphatic carbocycles. The number of hydrogen-bond donors (Lipinski definition) is 2. The Hall–Kier alpha value is -6.06. The lowest BCUT2D eigenvalue weighted by atomic mass is 9.84. The molecule has 6 aromatic carbocycles. The predicted octanol–water partition coefficient (Wildman–Crippen LogP) is 16.5. The summed E-state index contributed by atoms with van der Waals surface area (Å²) in [5.74, 6) is 0.959. The zero-order valence-corrected chi connectivity index (χ0v) is 46.3. The Labute approximate surface area is 475 Å². The molecule has 0 heterocycles. The van der Waals surface area contributed by atoms with E-state index in [0.29, 0.717) is 111 Å². The molecule has 2 N–H and O–H groups in total. The summed E-state index contributed by atoms with van der Waals surface area (Å²) in [5.41, 5.74) is 3.11. The first kappa shape index (κ1) is 61.6. The second kappa shape index (κ2) is 30.1. The summed E-state index contributed by atoms with van der Waals surface area (Å²) in [6, 6.07) is 43.0. The minimum absolute atomic E-state index is 0.0786. The highest BCUT2D eigenvalue weighted by molar-refractivity contribution is 6.32. The fraction of sp³-hybridized carbons (Fsp3) is 0.406. The van der Waals surface area contributed by atoms with Crippen LogP contribution in [0, 0.1) is 11.8 Å². The molecular weight excluding hydrogens is 1080 g/mol. The third-order valence-corrected chi connectivity index (χ3v) is 16.0. The van der Waals surface area contributed by atoms with E-state index in [4.69, 9.17) is 42.9 Å². The highest BCUT2D eigenvalue weighted by atomic mass is 35.5. The van der Waals surface area contributed by atoms with Crippen LogP contribution in [-0.4, -0.2) is 71.3 Å². The van der Waals surface area contributed by atoms with E-state index in [0.717, 1.165) is 37.8 Å². The normalized spacial score (nSPS) is 14.9. The van der Waals surface area contributed by atoms with Crippen molar-refractivity contribution in [2.45, 2.75) is 114 Å². The van der Waals surface area contributed by atoms with Gasteiger partial charge >= 0.3 is 24.3 Å². The Morgan fingerprint density at radius 2 is 0.875 bits per heavy atom. The van der Waals surface area contributed by atoms with Gasteiger partial charge in [0.2, 0.25) is 0 Å². The number of halogens is 8. The van der Waals surface area contributed by atoms with Gasteiger partial charge in [0.25, 0.3) is 0 Å². The van der Waals surface area contributed by atoms with Crippen LogP contribution in [0.3, 0.4) is 0 Å². The van der Waals surface area contributed by atoms with E-state index in [2.05, 4.69) is 34.1 Å². The zero-order chi connectivity index (χ0) is 57.1. The quantitative estimate of drug-likeness (QED) is 0.0409. The molecule has 428 valence electrons. The average Bonchev–Trinajstić information content (AvgIpc) is 4.17. The molecule has 0 saturated heterocycles. The van der Waals surface area contributed by atoms with Gasteiger partial charge in [-0.15, -0.1) is 0 Å². The summed E-state index contributed by atoms with van der Waals surface area (Å²) < 4.78 is 93.2. The molecule has 2 aliphatic rings. The minimum Gasteiger partial charge on any atom is -0.494 e. The van der Waals surface area contributed by atoms with Gasteiger partial charge in [-0.1, -0.05) is 158 Å². The number of ether oxygens (including phenoxy) is 2. The van der Waals surface area contributed by atoms with Gasteiger partial charge in [-0.2, -0.15) is 26.3 Å². The van der Waals surface area contributed by atoms with Gasteiger partial charge in [-0.25, -0.2) is 0 Å².